The Morgan fingerprint density at radius 2 is 2.22 bits per heavy atom. The molecule has 0 heterocycles. The summed E-state index contributed by atoms with van der Waals surface area (Å²) in [5.41, 5.74) is 6.98. The molecule has 1 amide bonds. The monoisotopic (exact) mass is 248 g/mol. The maximum Gasteiger partial charge on any atom is 0.257 e. The van der Waals surface area contributed by atoms with Crippen LogP contribution >= 0.6 is 0 Å². The molecule has 0 saturated heterocycles. The predicted octanol–water partition coefficient (Wildman–Crippen LogP) is 2.20. The van der Waals surface area contributed by atoms with E-state index in [1.165, 1.54) is 0 Å². The number of rotatable bonds is 4. The molecule has 18 heavy (non-hydrogen) atoms. The molecule has 0 bridgehead atoms. The molecule has 2 rings (SSSR count). The molecular formula is C14H20N2O2. The fraction of sp³-hybridized carbons (Fsp3) is 0.500. The van der Waals surface area contributed by atoms with Crippen molar-refractivity contribution in [2.45, 2.75) is 33.2 Å². The lowest BCUT2D eigenvalue weighted by Gasteiger charge is -2.13. The Labute approximate surface area is 108 Å². The van der Waals surface area contributed by atoms with Crippen molar-refractivity contribution in [2.75, 3.05) is 12.3 Å². The largest absolute Gasteiger partial charge is 0.493 e. The molecule has 1 unspecified atom stereocenters. The van der Waals surface area contributed by atoms with Crippen molar-refractivity contribution in [1.82, 2.24) is 5.32 Å². The van der Waals surface area contributed by atoms with Gasteiger partial charge in [0, 0.05) is 11.7 Å². The number of carbonyl (C=O) groups excluding carboxylic acids is 1. The molecule has 1 aromatic carbocycles. The fourth-order valence-electron chi connectivity index (χ4n) is 2.01. The van der Waals surface area contributed by atoms with Crippen molar-refractivity contribution >= 4 is 11.6 Å². The van der Waals surface area contributed by atoms with Crippen molar-refractivity contribution in [1.29, 1.82) is 0 Å². The number of amides is 1. The van der Waals surface area contributed by atoms with Crippen molar-refractivity contribution in [3.8, 4) is 5.75 Å². The second kappa shape index (κ2) is 4.52. The normalized spacial score (nSPS) is 20.3. The minimum Gasteiger partial charge on any atom is -0.493 e. The number of nitrogens with one attached hydrogen (secondary N) is 1. The molecule has 0 spiro atoms. The van der Waals surface area contributed by atoms with Crippen molar-refractivity contribution in [3.05, 3.63) is 23.8 Å². The van der Waals surface area contributed by atoms with Crippen LogP contribution < -0.4 is 15.8 Å². The van der Waals surface area contributed by atoms with Gasteiger partial charge < -0.3 is 15.8 Å². The maximum absolute atomic E-state index is 12.2. The van der Waals surface area contributed by atoms with Crippen LogP contribution in [0, 0.1) is 5.41 Å². The van der Waals surface area contributed by atoms with E-state index in [1.807, 2.05) is 6.92 Å². The molecule has 0 radical (unpaired) electrons. The van der Waals surface area contributed by atoms with E-state index < -0.39 is 0 Å². The van der Waals surface area contributed by atoms with E-state index in [0.29, 0.717) is 23.6 Å². The van der Waals surface area contributed by atoms with E-state index >= 15 is 0 Å². The topological polar surface area (TPSA) is 64.3 Å². The molecule has 1 saturated carbocycles. The number of hydrogen-bond donors (Lipinski definition) is 2. The lowest BCUT2D eigenvalue weighted by atomic mass is 10.1. The first kappa shape index (κ1) is 12.7. The number of ether oxygens (including phenoxy) is 1. The molecule has 1 fully saturated rings. The third-order valence-corrected chi connectivity index (χ3v) is 3.40. The molecule has 3 N–H and O–H groups in total. The van der Waals surface area contributed by atoms with Gasteiger partial charge in [-0.1, -0.05) is 19.9 Å². The zero-order valence-corrected chi connectivity index (χ0v) is 11.1. The minimum atomic E-state index is -0.146. The van der Waals surface area contributed by atoms with Gasteiger partial charge in [0.1, 0.15) is 11.3 Å². The van der Waals surface area contributed by atoms with E-state index in [-0.39, 0.29) is 17.4 Å². The van der Waals surface area contributed by atoms with E-state index in [1.54, 1.807) is 18.2 Å². The number of nitrogens with two attached hydrogens (primary N) is 1. The third-order valence-electron chi connectivity index (χ3n) is 3.40. The lowest BCUT2D eigenvalue weighted by molar-refractivity contribution is 0.0943. The molecule has 98 valence electrons. The summed E-state index contributed by atoms with van der Waals surface area (Å²) in [5, 5.41) is 3.00. The van der Waals surface area contributed by atoms with Crippen LogP contribution in [0.1, 0.15) is 37.6 Å². The van der Waals surface area contributed by atoms with Crippen LogP contribution in [-0.4, -0.2) is 18.6 Å². The Kier molecular flexibility index (Phi) is 3.20. The Balaban J connectivity index is 2.18. The van der Waals surface area contributed by atoms with Crippen LogP contribution in [0.3, 0.4) is 0 Å². The van der Waals surface area contributed by atoms with Crippen molar-refractivity contribution < 1.29 is 9.53 Å². The van der Waals surface area contributed by atoms with Crippen LogP contribution in [0.2, 0.25) is 0 Å². The van der Waals surface area contributed by atoms with E-state index in [2.05, 4.69) is 19.2 Å². The Hall–Kier alpha value is -1.71. The standard InChI is InChI=1S/C14H20N2O2/c1-4-18-10-7-5-6-9(15)12(10)13(17)16-11-8-14(11,2)3/h5-7,11H,4,8,15H2,1-3H3,(H,16,17). The number of carbonyl (C=O) groups is 1. The van der Waals surface area contributed by atoms with Crippen LogP contribution in [0.25, 0.3) is 0 Å². The van der Waals surface area contributed by atoms with Gasteiger partial charge >= 0.3 is 0 Å². The molecule has 0 aromatic heterocycles. The highest BCUT2D eigenvalue weighted by Crippen LogP contribution is 2.44. The number of anilines is 1. The van der Waals surface area contributed by atoms with Crippen molar-refractivity contribution in [2.24, 2.45) is 5.41 Å². The van der Waals surface area contributed by atoms with Crippen LogP contribution in [0.4, 0.5) is 5.69 Å². The summed E-state index contributed by atoms with van der Waals surface area (Å²) < 4.78 is 5.45. The number of benzene rings is 1. The van der Waals surface area contributed by atoms with Gasteiger partial charge in [-0.3, -0.25) is 4.79 Å². The summed E-state index contributed by atoms with van der Waals surface area (Å²) in [6, 6.07) is 5.51. The molecular weight excluding hydrogens is 228 g/mol. The van der Waals surface area contributed by atoms with E-state index in [0.717, 1.165) is 6.42 Å². The van der Waals surface area contributed by atoms with Gasteiger partial charge in [-0.05, 0) is 30.9 Å². The van der Waals surface area contributed by atoms with E-state index in [9.17, 15) is 4.79 Å². The Morgan fingerprint density at radius 3 is 2.78 bits per heavy atom. The summed E-state index contributed by atoms with van der Waals surface area (Å²) >= 11 is 0. The molecule has 1 atom stereocenters. The van der Waals surface area contributed by atoms with Gasteiger partial charge in [0.05, 0.1) is 6.61 Å². The van der Waals surface area contributed by atoms with Gasteiger partial charge in [-0.2, -0.15) is 0 Å². The van der Waals surface area contributed by atoms with Gasteiger partial charge in [-0.25, -0.2) is 0 Å². The number of nitrogen functional groups attached to an aromatic ring is 1. The first-order chi connectivity index (χ1) is 8.45. The van der Waals surface area contributed by atoms with Gasteiger partial charge in [0.25, 0.3) is 5.91 Å². The molecule has 1 aliphatic rings. The predicted molar refractivity (Wildman–Crippen MR) is 71.7 cm³/mol. The quantitative estimate of drug-likeness (QED) is 0.803. The van der Waals surface area contributed by atoms with Crippen LogP contribution in [0.15, 0.2) is 18.2 Å². The highest BCUT2D eigenvalue weighted by molar-refractivity contribution is 6.02. The smallest absolute Gasteiger partial charge is 0.257 e. The lowest BCUT2D eigenvalue weighted by Crippen LogP contribution is -2.29. The summed E-state index contributed by atoms with van der Waals surface area (Å²) in [6.07, 6.45) is 1.01. The molecule has 4 heteroatoms. The average Bonchev–Trinajstić information content (AvgIpc) is 2.86. The first-order valence-corrected chi connectivity index (χ1v) is 6.28. The number of hydrogen-bond acceptors (Lipinski definition) is 3. The molecule has 1 aliphatic carbocycles. The zero-order chi connectivity index (χ0) is 13.3. The van der Waals surface area contributed by atoms with Gasteiger partial charge in [0.15, 0.2) is 0 Å². The first-order valence-electron chi connectivity index (χ1n) is 6.28. The third kappa shape index (κ3) is 2.42. The molecule has 0 aliphatic heterocycles. The SMILES string of the molecule is CCOc1cccc(N)c1C(=O)NC1CC1(C)C. The fourth-order valence-corrected chi connectivity index (χ4v) is 2.01. The van der Waals surface area contributed by atoms with Crippen LogP contribution in [0.5, 0.6) is 5.75 Å². The Morgan fingerprint density at radius 1 is 1.56 bits per heavy atom. The summed E-state index contributed by atoms with van der Waals surface area (Å²) in [5.74, 6) is 0.403. The van der Waals surface area contributed by atoms with Crippen molar-refractivity contribution in [3.63, 3.8) is 0 Å². The van der Waals surface area contributed by atoms with Crippen LogP contribution in [-0.2, 0) is 0 Å². The Bertz CT molecular complexity index is 469. The summed E-state index contributed by atoms with van der Waals surface area (Å²) in [7, 11) is 0. The second-order valence-corrected chi connectivity index (χ2v) is 5.37. The molecule has 4 nitrogen and oxygen atoms in total. The average molecular weight is 248 g/mol. The minimum absolute atomic E-state index is 0.146. The maximum atomic E-state index is 12.2. The second-order valence-electron chi connectivity index (χ2n) is 5.37. The highest BCUT2D eigenvalue weighted by atomic mass is 16.5. The zero-order valence-electron chi connectivity index (χ0n) is 11.1. The molecule has 1 aromatic rings. The van der Waals surface area contributed by atoms with Gasteiger partial charge in [-0.15, -0.1) is 0 Å². The van der Waals surface area contributed by atoms with E-state index in [4.69, 9.17) is 10.5 Å². The summed E-state index contributed by atoms with van der Waals surface area (Å²) in [6.45, 7) is 6.67. The summed E-state index contributed by atoms with van der Waals surface area (Å²) in [4.78, 5) is 12.2. The highest BCUT2D eigenvalue weighted by Gasteiger charge is 2.46. The van der Waals surface area contributed by atoms with Gasteiger partial charge in [0.2, 0.25) is 0 Å².